The van der Waals surface area contributed by atoms with Gasteiger partial charge < -0.3 is 19.3 Å². The minimum absolute atomic E-state index is 0.159. The molecule has 2 saturated carbocycles. The molecule has 4 aromatic carbocycles. The molecule has 0 aromatic heterocycles. The average Bonchev–Trinajstić information content (AvgIpc) is 3.59. The fraction of sp³-hybridized carbons (Fsp3) is 0.455. The number of carbonyl (C=O) groups excluding carboxylic acids is 4. The van der Waals surface area contributed by atoms with Crippen molar-refractivity contribution in [2.45, 2.75) is 105 Å². The van der Waals surface area contributed by atoms with Gasteiger partial charge in [0.1, 0.15) is 0 Å². The van der Waals surface area contributed by atoms with Crippen LogP contribution in [0.2, 0.25) is 0 Å². The lowest BCUT2D eigenvalue weighted by molar-refractivity contribution is -0.174. The Bertz CT molecular complexity index is 2040. The highest BCUT2D eigenvalue weighted by Crippen LogP contribution is 2.67. The smallest absolute Gasteiger partial charge is 0.313 e. The van der Waals surface area contributed by atoms with Gasteiger partial charge in [0.15, 0.2) is 11.2 Å². The van der Waals surface area contributed by atoms with Crippen molar-refractivity contribution >= 4 is 45.3 Å². The molecule has 2 amide bonds. The van der Waals surface area contributed by atoms with Crippen molar-refractivity contribution in [3.8, 4) is 0 Å². The lowest BCUT2D eigenvalue weighted by atomic mass is 9.66. The standard InChI is InChI=1S/C44H46N2O6/c1-39(2)41(5)19-21-43(39,51-37(41)49)35(47)45-23-27-15-17-28(18-16-27)24-46(36(48)44-22-20-42(6,38(50)52-44)40(44,3)4)26-34-31-13-9-7-11-29(31)33(25-45)30-12-8-10-14-32(30)34/h7-18H,19-26H2,1-6H3. The van der Waals surface area contributed by atoms with Gasteiger partial charge in [0.05, 0.1) is 10.8 Å². The highest BCUT2D eigenvalue weighted by atomic mass is 16.6. The third-order valence-corrected chi connectivity index (χ3v) is 15.1. The summed E-state index contributed by atoms with van der Waals surface area (Å²) in [6.07, 6.45) is 2.21. The summed E-state index contributed by atoms with van der Waals surface area (Å²) in [5, 5.41) is 4.01. The summed E-state index contributed by atoms with van der Waals surface area (Å²) in [5.41, 5.74) is -1.41. The molecule has 8 bridgehead atoms. The minimum Gasteiger partial charge on any atom is -0.448 e. The molecule has 6 heterocycles. The molecule has 4 unspecified atom stereocenters. The Balaban J connectivity index is 1.22. The molecule has 8 aliphatic rings. The maximum Gasteiger partial charge on any atom is 0.313 e. The Morgan fingerprint density at radius 3 is 1.10 bits per heavy atom. The predicted octanol–water partition coefficient (Wildman–Crippen LogP) is 7.61. The van der Waals surface area contributed by atoms with Crippen LogP contribution in [0.3, 0.4) is 0 Å². The van der Waals surface area contributed by atoms with Gasteiger partial charge in [0.25, 0.3) is 11.8 Å². The first-order chi connectivity index (χ1) is 24.6. The van der Waals surface area contributed by atoms with Gasteiger partial charge in [-0.2, -0.15) is 0 Å². The Morgan fingerprint density at radius 2 is 0.827 bits per heavy atom. The highest BCUT2D eigenvalue weighted by Gasteiger charge is 2.77. The fourth-order valence-electron chi connectivity index (χ4n) is 10.6. The van der Waals surface area contributed by atoms with Crippen molar-refractivity contribution in [1.29, 1.82) is 0 Å². The zero-order valence-corrected chi connectivity index (χ0v) is 30.9. The number of rotatable bonds is 2. The summed E-state index contributed by atoms with van der Waals surface area (Å²) in [5.74, 6) is -0.900. The second-order valence-corrected chi connectivity index (χ2v) is 17.5. The van der Waals surface area contributed by atoms with Crippen LogP contribution < -0.4 is 0 Å². The second-order valence-electron chi connectivity index (χ2n) is 17.5. The van der Waals surface area contributed by atoms with E-state index in [0.29, 0.717) is 51.9 Å². The average molecular weight is 699 g/mol. The lowest BCUT2D eigenvalue weighted by Gasteiger charge is -2.40. The molecule has 4 aromatic rings. The minimum atomic E-state index is -1.25. The number of fused-ring (bicyclic) bond motifs is 4. The van der Waals surface area contributed by atoms with Crippen LogP contribution in [0.5, 0.6) is 0 Å². The van der Waals surface area contributed by atoms with E-state index in [9.17, 15) is 9.59 Å². The predicted molar refractivity (Wildman–Crippen MR) is 196 cm³/mol. The topological polar surface area (TPSA) is 93.2 Å². The van der Waals surface area contributed by atoms with E-state index in [1.54, 1.807) is 0 Å². The number of ether oxygens (including phenoxy) is 2. The lowest BCUT2D eigenvalue weighted by Crippen LogP contribution is -2.54. The maximum atomic E-state index is 15.1. The van der Waals surface area contributed by atoms with Gasteiger partial charge in [-0.05, 0) is 83.3 Å². The number of esters is 2. The van der Waals surface area contributed by atoms with Crippen molar-refractivity contribution < 1.29 is 28.7 Å². The van der Waals surface area contributed by atoms with Crippen LogP contribution in [0.25, 0.3) is 21.5 Å². The Kier molecular flexibility index (Phi) is 6.66. The number of carbonyl (C=O) groups is 4. The molecule has 268 valence electrons. The van der Waals surface area contributed by atoms with E-state index in [4.69, 9.17) is 9.47 Å². The third kappa shape index (κ3) is 3.88. The molecule has 12 rings (SSSR count). The normalized spacial score (nSPS) is 31.3. The van der Waals surface area contributed by atoms with Gasteiger partial charge in [-0.1, -0.05) is 100 Å². The van der Waals surface area contributed by atoms with E-state index in [1.807, 2.05) is 99.9 Å². The molecule has 4 fully saturated rings. The Hall–Kier alpha value is -4.72. The van der Waals surface area contributed by atoms with E-state index >= 15 is 9.59 Å². The van der Waals surface area contributed by atoms with E-state index in [2.05, 4.69) is 24.3 Å². The van der Waals surface area contributed by atoms with Crippen molar-refractivity contribution in [3.05, 3.63) is 95.1 Å². The van der Waals surface area contributed by atoms with Gasteiger partial charge >= 0.3 is 11.9 Å². The van der Waals surface area contributed by atoms with Gasteiger partial charge in [-0.25, -0.2) is 0 Å². The molecule has 52 heavy (non-hydrogen) atoms. The molecule has 4 atom stereocenters. The first kappa shape index (κ1) is 33.1. The molecular weight excluding hydrogens is 652 g/mol. The number of benzene rings is 4. The van der Waals surface area contributed by atoms with Crippen molar-refractivity contribution in [1.82, 2.24) is 9.80 Å². The van der Waals surface area contributed by atoms with E-state index in [0.717, 1.165) is 43.8 Å². The van der Waals surface area contributed by atoms with Gasteiger partial charge in [0, 0.05) is 37.0 Å². The molecule has 8 heteroatoms. The van der Waals surface area contributed by atoms with Crippen LogP contribution >= 0.6 is 0 Å². The van der Waals surface area contributed by atoms with Gasteiger partial charge in [-0.3, -0.25) is 19.2 Å². The summed E-state index contributed by atoms with van der Waals surface area (Å²) < 4.78 is 12.3. The number of hydrogen-bond acceptors (Lipinski definition) is 6. The quantitative estimate of drug-likeness (QED) is 0.158. The van der Waals surface area contributed by atoms with Crippen LogP contribution in [0, 0.1) is 21.7 Å². The molecule has 2 aliphatic carbocycles. The molecular formula is C44H46N2O6. The molecule has 8 nitrogen and oxygen atoms in total. The zero-order valence-electron chi connectivity index (χ0n) is 30.9. The van der Waals surface area contributed by atoms with Crippen molar-refractivity contribution in [2.75, 3.05) is 0 Å². The number of hydrogen-bond donors (Lipinski definition) is 0. The second kappa shape index (κ2) is 10.5. The maximum absolute atomic E-state index is 15.1. The molecule has 0 radical (unpaired) electrons. The van der Waals surface area contributed by atoms with Crippen LogP contribution in [-0.2, 0) is 54.8 Å². The summed E-state index contributed by atoms with van der Waals surface area (Å²) >= 11 is 0. The van der Waals surface area contributed by atoms with Crippen LogP contribution in [0.4, 0.5) is 0 Å². The number of amides is 2. The fourth-order valence-corrected chi connectivity index (χ4v) is 10.6. The zero-order chi connectivity index (χ0) is 36.6. The summed E-state index contributed by atoms with van der Waals surface area (Å²) in [7, 11) is 0. The monoisotopic (exact) mass is 698 g/mol. The molecule has 2 saturated heterocycles. The Morgan fingerprint density at radius 1 is 0.500 bits per heavy atom. The highest BCUT2D eigenvalue weighted by molar-refractivity contribution is 6.07. The summed E-state index contributed by atoms with van der Waals surface area (Å²) in [6, 6.07) is 24.6. The first-order valence-corrected chi connectivity index (χ1v) is 18.6. The van der Waals surface area contributed by atoms with Crippen LogP contribution in [-0.4, -0.2) is 44.8 Å². The summed E-state index contributed by atoms with van der Waals surface area (Å²) in [4.78, 5) is 60.6. The van der Waals surface area contributed by atoms with Crippen molar-refractivity contribution in [2.24, 2.45) is 21.7 Å². The van der Waals surface area contributed by atoms with E-state index in [-0.39, 0.29) is 23.8 Å². The van der Waals surface area contributed by atoms with E-state index in [1.165, 1.54) is 0 Å². The molecule has 0 N–H and O–H groups in total. The van der Waals surface area contributed by atoms with E-state index < -0.39 is 32.9 Å². The van der Waals surface area contributed by atoms with Gasteiger partial charge in [0.2, 0.25) is 0 Å². The first-order valence-electron chi connectivity index (χ1n) is 18.6. The largest absolute Gasteiger partial charge is 0.448 e. The summed E-state index contributed by atoms with van der Waals surface area (Å²) in [6.45, 7) is 13.2. The SMILES string of the molecule is CC12CCC(C(=O)N3Cc4ccc(cc4)CN(C(=O)C45CCC(C)(C(=O)O4)C5(C)C)Cc4c5ccccc5c(c5ccccc45)C3)(OC1=O)C2(C)C. The van der Waals surface area contributed by atoms with Gasteiger partial charge in [-0.15, -0.1) is 0 Å². The molecule has 6 aliphatic heterocycles. The molecule has 0 spiro atoms. The van der Waals surface area contributed by atoms with Crippen LogP contribution in [0.15, 0.2) is 72.8 Å². The van der Waals surface area contributed by atoms with Crippen molar-refractivity contribution in [3.63, 3.8) is 0 Å². The number of nitrogens with zero attached hydrogens (tertiary/aromatic N) is 2. The Labute approximate surface area is 304 Å². The van der Waals surface area contributed by atoms with Crippen LogP contribution in [0.1, 0.15) is 89.5 Å². The third-order valence-electron chi connectivity index (χ3n) is 15.1.